The van der Waals surface area contributed by atoms with E-state index in [1.807, 2.05) is 6.07 Å². The monoisotopic (exact) mass is 304 g/mol. The Balaban J connectivity index is 2.02. The molecule has 100 valence electrons. The maximum atomic E-state index is 13.6. The first kappa shape index (κ1) is 13.4. The second-order valence-electron chi connectivity index (χ2n) is 4.45. The van der Waals surface area contributed by atoms with Gasteiger partial charge in [0.15, 0.2) is 5.78 Å². The number of halogens is 2. The highest BCUT2D eigenvalue weighted by molar-refractivity contribution is 7.99. The lowest BCUT2D eigenvalue weighted by molar-refractivity contribution is 0.103. The molecule has 1 nitrogen and oxygen atoms in total. The summed E-state index contributed by atoms with van der Waals surface area (Å²) < 4.78 is 13.6. The van der Waals surface area contributed by atoms with Crippen LogP contribution in [0.4, 0.5) is 4.39 Å². The molecule has 0 saturated heterocycles. The van der Waals surface area contributed by atoms with Crippen molar-refractivity contribution in [2.45, 2.75) is 4.90 Å². The molecule has 0 fully saturated rings. The number of hydrogen-bond donors (Lipinski definition) is 0. The van der Waals surface area contributed by atoms with E-state index >= 15 is 0 Å². The van der Waals surface area contributed by atoms with E-state index in [2.05, 4.69) is 0 Å². The first-order valence-corrected chi connectivity index (χ1v) is 7.43. The van der Waals surface area contributed by atoms with Gasteiger partial charge in [0.2, 0.25) is 0 Å². The SMILES string of the molecule is O=C1C(=Cc2ccccc2F)CSc2ccc(Cl)cc21. The average molecular weight is 305 g/mol. The van der Waals surface area contributed by atoms with Crippen LogP contribution in [0, 0.1) is 5.82 Å². The van der Waals surface area contributed by atoms with Crippen LogP contribution in [-0.2, 0) is 0 Å². The summed E-state index contributed by atoms with van der Waals surface area (Å²) in [6, 6.07) is 11.7. The lowest BCUT2D eigenvalue weighted by atomic mass is 10.0. The summed E-state index contributed by atoms with van der Waals surface area (Å²) in [7, 11) is 0. The van der Waals surface area contributed by atoms with Crippen LogP contribution in [0.3, 0.4) is 0 Å². The van der Waals surface area contributed by atoms with E-state index in [4.69, 9.17) is 11.6 Å². The highest BCUT2D eigenvalue weighted by Crippen LogP contribution is 2.35. The number of ketones is 1. The highest BCUT2D eigenvalue weighted by Gasteiger charge is 2.22. The van der Waals surface area contributed by atoms with Crippen LogP contribution in [0.15, 0.2) is 52.9 Å². The highest BCUT2D eigenvalue weighted by atomic mass is 35.5. The summed E-state index contributed by atoms with van der Waals surface area (Å²) in [5.41, 5.74) is 1.62. The van der Waals surface area contributed by atoms with E-state index in [9.17, 15) is 9.18 Å². The molecule has 0 N–H and O–H groups in total. The number of rotatable bonds is 1. The maximum Gasteiger partial charge on any atom is 0.191 e. The maximum absolute atomic E-state index is 13.6. The van der Waals surface area contributed by atoms with Crippen LogP contribution < -0.4 is 0 Å². The largest absolute Gasteiger partial charge is 0.289 e. The fourth-order valence-corrected chi connectivity index (χ4v) is 3.26. The lowest BCUT2D eigenvalue weighted by Crippen LogP contribution is -2.12. The lowest BCUT2D eigenvalue weighted by Gasteiger charge is -2.17. The number of benzene rings is 2. The zero-order chi connectivity index (χ0) is 14.1. The smallest absolute Gasteiger partial charge is 0.191 e. The Labute approximate surface area is 125 Å². The quantitative estimate of drug-likeness (QED) is 0.700. The van der Waals surface area contributed by atoms with Gasteiger partial charge < -0.3 is 0 Å². The normalized spacial score (nSPS) is 16.3. The van der Waals surface area contributed by atoms with Gasteiger partial charge in [-0.05, 0) is 30.3 Å². The van der Waals surface area contributed by atoms with Crippen LogP contribution in [0.2, 0.25) is 5.02 Å². The number of hydrogen-bond acceptors (Lipinski definition) is 2. The number of fused-ring (bicyclic) bond motifs is 1. The third-order valence-electron chi connectivity index (χ3n) is 3.10. The zero-order valence-electron chi connectivity index (χ0n) is 10.4. The standard InChI is InChI=1S/C16H10ClFOS/c17-12-5-6-15-13(8-12)16(19)11(9-20-15)7-10-3-1-2-4-14(10)18/h1-8H,9H2. The van der Waals surface area contributed by atoms with E-state index in [0.29, 0.717) is 27.5 Å². The molecule has 0 saturated carbocycles. The first-order valence-electron chi connectivity index (χ1n) is 6.07. The minimum absolute atomic E-state index is 0.0792. The van der Waals surface area contributed by atoms with Crippen LogP contribution in [0.5, 0.6) is 0 Å². The summed E-state index contributed by atoms with van der Waals surface area (Å²) in [5.74, 6) is 0.140. The topological polar surface area (TPSA) is 17.1 Å². The Morgan fingerprint density at radius 1 is 1.20 bits per heavy atom. The second-order valence-corrected chi connectivity index (χ2v) is 5.90. The van der Waals surface area contributed by atoms with Gasteiger partial charge in [0.05, 0.1) is 0 Å². The molecular formula is C16H10ClFOS. The minimum Gasteiger partial charge on any atom is -0.289 e. The van der Waals surface area contributed by atoms with Crippen molar-refractivity contribution in [3.8, 4) is 0 Å². The molecule has 0 spiro atoms. The molecule has 3 rings (SSSR count). The van der Waals surface area contributed by atoms with E-state index < -0.39 is 0 Å². The number of thioether (sulfide) groups is 1. The van der Waals surface area contributed by atoms with Gasteiger partial charge in [-0.2, -0.15) is 0 Å². The van der Waals surface area contributed by atoms with Gasteiger partial charge in [0.1, 0.15) is 5.82 Å². The van der Waals surface area contributed by atoms with Crippen molar-refractivity contribution in [3.05, 3.63) is 70.0 Å². The molecule has 0 atom stereocenters. The minimum atomic E-state index is -0.324. The van der Waals surface area contributed by atoms with Crippen molar-refractivity contribution in [2.24, 2.45) is 0 Å². The van der Waals surface area contributed by atoms with E-state index in [0.717, 1.165) is 4.90 Å². The van der Waals surface area contributed by atoms with Gasteiger partial charge in [-0.25, -0.2) is 4.39 Å². The molecule has 0 aromatic heterocycles. The number of carbonyl (C=O) groups excluding carboxylic acids is 1. The summed E-state index contributed by atoms with van der Waals surface area (Å²) in [5, 5.41) is 0.532. The van der Waals surface area contributed by atoms with Crippen molar-refractivity contribution in [2.75, 3.05) is 5.75 Å². The Hall–Kier alpha value is -1.58. The molecule has 4 heteroatoms. The van der Waals surface area contributed by atoms with Crippen molar-refractivity contribution in [1.29, 1.82) is 0 Å². The predicted octanol–water partition coefficient (Wildman–Crippen LogP) is 4.85. The molecule has 0 unspecified atom stereocenters. The molecule has 0 aliphatic carbocycles. The van der Waals surface area contributed by atoms with Crippen molar-refractivity contribution in [1.82, 2.24) is 0 Å². The van der Waals surface area contributed by atoms with Gasteiger partial charge in [0, 0.05) is 32.4 Å². The Kier molecular flexibility index (Phi) is 3.64. The van der Waals surface area contributed by atoms with E-state index in [-0.39, 0.29) is 11.6 Å². The van der Waals surface area contributed by atoms with Crippen molar-refractivity contribution >= 4 is 35.2 Å². The molecule has 2 aromatic carbocycles. The third kappa shape index (κ3) is 2.51. The van der Waals surface area contributed by atoms with Crippen LogP contribution >= 0.6 is 23.4 Å². The average Bonchev–Trinajstić information content (AvgIpc) is 2.45. The number of Topliss-reactive ketones (excluding diaryl/α,β-unsaturated/α-hetero) is 1. The van der Waals surface area contributed by atoms with Crippen molar-refractivity contribution < 1.29 is 9.18 Å². The summed E-state index contributed by atoms with van der Waals surface area (Å²) in [4.78, 5) is 13.3. The van der Waals surface area contributed by atoms with Crippen LogP contribution in [-0.4, -0.2) is 11.5 Å². The molecular weight excluding hydrogens is 295 g/mol. The summed E-state index contributed by atoms with van der Waals surface area (Å²) in [6.07, 6.45) is 1.62. The molecule has 20 heavy (non-hydrogen) atoms. The molecule has 0 radical (unpaired) electrons. The Morgan fingerprint density at radius 3 is 2.80 bits per heavy atom. The van der Waals surface area contributed by atoms with Gasteiger partial charge in [-0.3, -0.25) is 4.79 Å². The molecule has 1 heterocycles. The molecule has 0 amide bonds. The predicted molar refractivity (Wildman–Crippen MR) is 80.9 cm³/mol. The number of carbonyl (C=O) groups is 1. The van der Waals surface area contributed by atoms with Gasteiger partial charge in [-0.1, -0.05) is 29.8 Å². The van der Waals surface area contributed by atoms with E-state index in [1.165, 1.54) is 6.07 Å². The van der Waals surface area contributed by atoms with E-state index in [1.54, 1.807) is 48.2 Å². The molecule has 1 aliphatic heterocycles. The first-order chi connectivity index (χ1) is 9.65. The van der Waals surface area contributed by atoms with Crippen LogP contribution in [0.25, 0.3) is 6.08 Å². The van der Waals surface area contributed by atoms with Gasteiger partial charge in [0.25, 0.3) is 0 Å². The molecule has 1 aliphatic rings. The van der Waals surface area contributed by atoms with Gasteiger partial charge in [-0.15, -0.1) is 11.8 Å². The fraction of sp³-hybridized carbons (Fsp3) is 0.0625. The summed E-state index contributed by atoms with van der Waals surface area (Å²) in [6.45, 7) is 0. The third-order valence-corrected chi connectivity index (χ3v) is 4.45. The van der Waals surface area contributed by atoms with Gasteiger partial charge >= 0.3 is 0 Å². The second kappa shape index (κ2) is 5.43. The summed E-state index contributed by atoms with van der Waals surface area (Å²) >= 11 is 7.50. The van der Waals surface area contributed by atoms with Crippen molar-refractivity contribution in [3.63, 3.8) is 0 Å². The Morgan fingerprint density at radius 2 is 2.00 bits per heavy atom. The fourth-order valence-electron chi connectivity index (χ4n) is 2.09. The molecule has 2 aromatic rings. The van der Waals surface area contributed by atoms with Crippen LogP contribution in [0.1, 0.15) is 15.9 Å². The Bertz CT molecular complexity index is 724. The zero-order valence-corrected chi connectivity index (χ0v) is 12.0. The molecule has 0 bridgehead atoms.